The normalized spacial score (nSPS) is 10.1. The Labute approximate surface area is 150 Å². The van der Waals surface area contributed by atoms with Crippen LogP contribution >= 0.6 is 0 Å². The van der Waals surface area contributed by atoms with Crippen molar-refractivity contribution < 1.29 is 19.8 Å². The fraction of sp³-hybridized carbons (Fsp3) is 0.846. The zero-order chi connectivity index (χ0) is 13.1. The number of carboxylic acid groups (broad SMARTS) is 2. The van der Waals surface area contributed by atoms with Crippen molar-refractivity contribution in [1.29, 1.82) is 0 Å². The Balaban J connectivity index is 0. The van der Waals surface area contributed by atoms with E-state index in [9.17, 15) is 9.59 Å². The number of hydrogen-bond acceptors (Lipinski definition) is 2. The van der Waals surface area contributed by atoms with Gasteiger partial charge in [-0.15, -0.1) is 0 Å². The second-order valence-corrected chi connectivity index (χ2v) is 4.49. The Hall–Kier alpha value is 0.511. The van der Waals surface area contributed by atoms with Crippen molar-refractivity contribution in [3.63, 3.8) is 0 Å². The Kier molecular flexibility index (Phi) is 16.1. The molecular formula is C13H26BaO4. The quantitative estimate of drug-likeness (QED) is 0.326. The molecule has 0 unspecified atom stereocenters. The molecule has 0 saturated heterocycles. The third kappa shape index (κ3) is 11.6. The van der Waals surface area contributed by atoms with Crippen molar-refractivity contribution >= 4 is 60.8 Å². The van der Waals surface area contributed by atoms with Crippen LogP contribution in [0, 0.1) is 5.92 Å². The van der Waals surface area contributed by atoms with Crippen LogP contribution in [0.5, 0.6) is 0 Å². The topological polar surface area (TPSA) is 74.6 Å². The van der Waals surface area contributed by atoms with Crippen LogP contribution in [0.1, 0.15) is 64.7 Å². The molecule has 0 aliphatic heterocycles. The van der Waals surface area contributed by atoms with Gasteiger partial charge in [-0.05, 0) is 6.42 Å². The summed E-state index contributed by atoms with van der Waals surface area (Å²) in [7, 11) is 0. The molecule has 0 spiro atoms. The van der Waals surface area contributed by atoms with Crippen LogP contribution in [0.3, 0.4) is 0 Å². The van der Waals surface area contributed by atoms with Crippen molar-refractivity contribution in [2.75, 3.05) is 0 Å². The molecule has 0 aromatic carbocycles. The summed E-state index contributed by atoms with van der Waals surface area (Å²) in [6.07, 6.45) is 9.14. The summed E-state index contributed by atoms with van der Waals surface area (Å²) >= 11 is 0. The van der Waals surface area contributed by atoms with Gasteiger partial charge in [-0.1, -0.05) is 58.3 Å². The van der Waals surface area contributed by atoms with E-state index in [0.29, 0.717) is 6.42 Å². The zero-order valence-electron chi connectivity index (χ0n) is 10.7. The van der Waals surface area contributed by atoms with Gasteiger partial charge in [-0.3, -0.25) is 9.59 Å². The molecule has 0 rings (SSSR count). The number of aliphatic carboxylic acids is 2. The number of hydrogen-bond donors (Lipinski definition) is 2. The third-order valence-electron chi connectivity index (χ3n) is 2.94. The van der Waals surface area contributed by atoms with E-state index >= 15 is 0 Å². The molecule has 5 heteroatoms. The van der Waals surface area contributed by atoms with E-state index < -0.39 is 17.9 Å². The molecule has 0 aliphatic carbocycles. The van der Waals surface area contributed by atoms with Crippen molar-refractivity contribution in [3.05, 3.63) is 0 Å². The van der Waals surface area contributed by atoms with Crippen LogP contribution in [0.2, 0.25) is 0 Å². The Morgan fingerprint density at radius 1 is 0.833 bits per heavy atom. The van der Waals surface area contributed by atoms with Crippen molar-refractivity contribution in [3.8, 4) is 0 Å². The first-order chi connectivity index (χ1) is 8.09. The molecule has 0 aliphatic rings. The van der Waals surface area contributed by atoms with Crippen LogP contribution < -0.4 is 0 Å². The molecule has 4 nitrogen and oxygen atoms in total. The van der Waals surface area contributed by atoms with E-state index in [1.54, 1.807) is 0 Å². The molecule has 2 N–H and O–H groups in total. The van der Waals surface area contributed by atoms with E-state index in [1.807, 2.05) is 0 Å². The van der Waals surface area contributed by atoms with Crippen LogP contribution in [0.4, 0.5) is 0 Å². The Morgan fingerprint density at radius 2 is 1.22 bits per heavy atom. The number of carbonyl (C=O) groups is 2. The molecule has 0 radical (unpaired) electrons. The van der Waals surface area contributed by atoms with Gasteiger partial charge in [0.2, 0.25) is 0 Å². The first kappa shape index (κ1) is 20.8. The van der Waals surface area contributed by atoms with E-state index in [-0.39, 0.29) is 55.3 Å². The summed E-state index contributed by atoms with van der Waals surface area (Å²) in [5.41, 5.74) is 0. The van der Waals surface area contributed by atoms with Crippen molar-refractivity contribution in [2.45, 2.75) is 64.7 Å². The van der Waals surface area contributed by atoms with Crippen LogP contribution in [-0.4, -0.2) is 71.0 Å². The minimum atomic E-state index is -1.23. The minimum absolute atomic E-state index is 0. The summed E-state index contributed by atoms with van der Waals surface area (Å²) < 4.78 is 0. The summed E-state index contributed by atoms with van der Waals surface area (Å²) in [6, 6.07) is 0. The molecule has 0 saturated carbocycles. The molecule has 0 atom stereocenters. The molecule has 0 aromatic heterocycles. The van der Waals surface area contributed by atoms with Gasteiger partial charge >= 0.3 is 60.8 Å². The van der Waals surface area contributed by atoms with Gasteiger partial charge in [0.05, 0.1) is 0 Å². The Bertz CT molecular complexity index is 217. The first-order valence-corrected chi connectivity index (χ1v) is 6.55. The van der Waals surface area contributed by atoms with Gasteiger partial charge in [-0.2, -0.15) is 0 Å². The van der Waals surface area contributed by atoms with Gasteiger partial charge in [-0.25, -0.2) is 0 Å². The zero-order valence-corrected chi connectivity index (χ0v) is 10.7. The second kappa shape index (κ2) is 13.9. The first-order valence-electron chi connectivity index (χ1n) is 6.55. The van der Waals surface area contributed by atoms with Gasteiger partial charge < -0.3 is 10.2 Å². The van der Waals surface area contributed by atoms with Crippen molar-refractivity contribution in [1.82, 2.24) is 0 Å². The van der Waals surface area contributed by atoms with Crippen LogP contribution in [0.25, 0.3) is 0 Å². The second-order valence-electron chi connectivity index (χ2n) is 4.49. The average Bonchev–Trinajstić information content (AvgIpc) is 2.26. The molecule has 0 fully saturated rings. The summed E-state index contributed by atoms with van der Waals surface area (Å²) in [4.78, 5) is 21.2. The molecule has 0 bridgehead atoms. The van der Waals surface area contributed by atoms with Crippen molar-refractivity contribution in [2.24, 2.45) is 5.92 Å². The molecule has 104 valence electrons. The van der Waals surface area contributed by atoms with Gasteiger partial charge in [0.15, 0.2) is 5.92 Å². The molecule has 0 aromatic rings. The standard InChI is InChI=1S/C13H24O4.Ba.2H/c1-2-3-4-5-6-7-8-9-10-11(12(14)15)13(16)17;;;/h11H,2-10H2,1H3,(H,14,15)(H,16,17);;;. The molecule has 0 heterocycles. The number of rotatable bonds is 11. The summed E-state index contributed by atoms with van der Waals surface area (Å²) in [5, 5.41) is 17.3. The molecular weight excluding hydrogens is 357 g/mol. The van der Waals surface area contributed by atoms with Gasteiger partial charge in [0.1, 0.15) is 0 Å². The fourth-order valence-electron chi connectivity index (χ4n) is 1.83. The van der Waals surface area contributed by atoms with E-state index in [4.69, 9.17) is 10.2 Å². The van der Waals surface area contributed by atoms with Gasteiger partial charge in [0.25, 0.3) is 0 Å². The van der Waals surface area contributed by atoms with Crippen LogP contribution in [-0.2, 0) is 9.59 Å². The average molecular weight is 384 g/mol. The summed E-state index contributed by atoms with van der Waals surface area (Å²) in [5.74, 6) is -3.67. The van der Waals surface area contributed by atoms with E-state index in [0.717, 1.165) is 12.8 Å². The maximum atomic E-state index is 10.6. The Morgan fingerprint density at radius 3 is 1.61 bits per heavy atom. The van der Waals surface area contributed by atoms with E-state index in [2.05, 4.69) is 6.92 Å². The summed E-state index contributed by atoms with van der Waals surface area (Å²) in [6.45, 7) is 2.18. The maximum absolute atomic E-state index is 10.6. The molecule has 0 amide bonds. The number of carboxylic acids is 2. The SMILES string of the molecule is CCCCCCCCCCC(C(=O)O)C(=O)O.[BaH2]. The predicted molar refractivity (Wildman–Crippen MR) is 74.5 cm³/mol. The van der Waals surface area contributed by atoms with Crippen LogP contribution in [0.15, 0.2) is 0 Å². The third-order valence-corrected chi connectivity index (χ3v) is 2.94. The van der Waals surface area contributed by atoms with E-state index in [1.165, 1.54) is 32.1 Å². The number of unbranched alkanes of at least 4 members (excludes halogenated alkanes) is 7. The molecule has 18 heavy (non-hydrogen) atoms. The van der Waals surface area contributed by atoms with Gasteiger partial charge in [0, 0.05) is 0 Å². The monoisotopic (exact) mass is 384 g/mol. The predicted octanol–water partition coefficient (Wildman–Crippen LogP) is 2.39. The fourth-order valence-corrected chi connectivity index (χ4v) is 1.83.